The van der Waals surface area contributed by atoms with Gasteiger partial charge in [0.25, 0.3) is 0 Å². The number of nitrogens with two attached hydrogens (primary N) is 1. The summed E-state index contributed by atoms with van der Waals surface area (Å²) in [6, 6.07) is 9.94. The molecule has 0 aromatic heterocycles. The van der Waals surface area contributed by atoms with Crippen LogP contribution < -0.4 is 5.73 Å². The molecule has 0 amide bonds. The van der Waals surface area contributed by atoms with Gasteiger partial charge in [0.15, 0.2) is 0 Å². The van der Waals surface area contributed by atoms with Crippen LogP contribution in [0.1, 0.15) is 22.7 Å². The highest BCUT2D eigenvalue weighted by atomic mass is 35.5. The van der Waals surface area contributed by atoms with E-state index in [0.29, 0.717) is 22.0 Å². The van der Waals surface area contributed by atoms with E-state index >= 15 is 0 Å². The van der Waals surface area contributed by atoms with Gasteiger partial charge in [-0.1, -0.05) is 47.5 Å². The Morgan fingerprint density at radius 3 is 2.63 bits per heavy atom. The second-order valence-electron chi connectivity index (χ2n) is 4.52. The summed E-state index contributed by atoms with van der Waals surface area (Å²) in [5.74, 6) is -0.341. The lowest BCUT2D eigenvalue weighted by molar-refractivity contribution is 0.593. The van der Waals surface area contributed by atoms with Crippen LogP contribution in [0.4, 0.5) is 4.39 Å². The Bertz CT molecular complexity index is 599. The van der Waals surface area contributed by atoms with E-state index in [9.17, 15) is 4.39 Å². The topological polar surface area (TPSA) is 26.0 Å². The lowest BCUT2D eigenvalue weighted by Gasteiger charge is -2.15. The highest BCUT2D eigenvalue weighted by Gasteiger charge is 2.14. The van der Waals surface area contributed by atoms with E-state index in [4.69, 9.17) is 28.9 Å². The molecule has 0 aliphatic carbocycles. The van der Waals surface area contributed by atoms with Crippen molar-refractivity contribution in [3.63, 3.8) is 0 Å². The van der Waals surface area contributed by atoms with Crippen LogP contribution in [0.15, 0.2) is 36.4 Å². The molecule has 2 rings (SSSR count). The molecule has 2 aromatic rings. The molecule has 4 heteroatoms. The molecule has 0 saturated carbocycles. The number of aryl methyl sites for hydroxylation is 1. The molecule has 0 radical (unpaired) electrons. The molecule has 1 nitrogen and oxygen atoms in total. The maximum atomic E-state index is 13.7. The van der Waals surface area contributed by atoms with Gasteiger partial charge in [0.05, 0.1) is 0 Å². The molecule has 0 aliphatic rings. The summed E-state index contributed by atoms with van der Waals surface area (Å²) >= 11 is 11.9. The van der Waals surface area contributed by atoms with Gasteiger partial charge < -0.3 is 5.73 Å². The summed E-state index contributed by atoms with van der Waals surface area (Å²) in [5.41, 5.74) is 8.45. The van der Waals surface area contributed by atoms with Crippen LogP contribution in [0.25, 0.3) is 0 Å². The van der Waals surface area contributed by atoms with Crippen molar-refractivity contribution in [3.05, 3.63) is 69.0 Å². The quantitative estimate of drug-likeness (QED) is 0.874. The SMILES string of the molecule is Cc1cccc(C(N)Cc2ccc(Cl)cc2F)c1Cl. The van der Waals surface area contributed by atoms with E-state index in [1.54, 1.807) is 12.1 Å². The summed E-state index contributed by atoms with van der Waals surface area (Å²) in [7, 11) is 0. The third-order valence-electron chi connectivity index (χ3n) is 3.08. The molecule has 2 aromatic carbocycles. The first-order valence-electron chi connectivity index (χ1n) is 5.93. The van der Waals surface area contributed by atoms with Gasteiger partial charge in [-0.3, -0.25) is 0 Å². The van der Waals surface area contributed by atoms with Gasteiger partial charge in [-0.15, -0.1) is 0 Å². The van der Waals surface area contributed by atoms with Crippen LogP contribution in [0.3, 0.4) is 0 Å². The summed E-state index contributed by atoms with van der Waals surface area (Å²) in [6.07, 6.45) is 0.381. The Balaban J connectivity index is 2.25. The zero-order valence-corrected chi connectivity index (χ0v) is 12.0. The Labute approximate surface area is 122 Å². The zero-order valence-electron chi connectivity index (χ0n) is 10.5. The van der Waals surface area contributed by atoms with Crippen molar-refractivity contribution >= 4 is 23.2 Å². The first kappa shape index (κ1) is 14.3. The molecule has 0 bridgehead atoms. The van der Waals surface area contributed by atoms with Crippen LogP contribution in [0.2, 0.25) is 10.0 Å². The second-order valence-corrected chi connectivity index (χ2v) is 5.34. The standard InChI is InChI=1S/C15H14Cl2FN/c1-9-3-2-4-12(15(9)17)14(19)7-10-5-6-11(16)8-13(10)18/h2-6,8,14H,7,19H2,1H3. The number of hydrogen-bond donors (Lipinski definition) is 1. The average molecular weight is 298 g/mol. The smallest absolute Gasteiger partial charge is 0.127 e. The van der Waals surface area contributed by atoms with E-state index in [0.717, 1.165) is 11.1 Å². The van der Waals surface area contributed by atoms with E-state index in [-0.39, 0.29) is 11.9 Å². The van der Waals surface area contributed by atoms with Crippen molar-refractivity contribution in [3.8, 4) is 0 Å². The van der Waals surface area contributed by atoms with Crippen LogP contribution in [0, 0.1) is 12.7 Å². The van der Waals surface area contributed by atoms with Crippen LogP contribution in [-0.2, 0) is 6.42 Å². The van der Waals surface area contributed by atoms with E-state index in [1.807, 2.05) is 25.1 Å². The molecule has 0 fully saturated rings. The Kier molecular flexibility index (Phi) is 4.46. The lowest BCUT2D eigenvalue weighted by Crippen LogP contribution is -2.15. The van der Waals surface area contributed by atoms with Crippen molar-refractivity contribution in [2.24, 2.45) is 5.73 Å². The van der Waals surface area contributed by atoms with Crippen molar-refractivity contribution in [1.29, 1.82) is 0 Å². The molecule has 1 unspecified atom stereocenters. The molecule has 0 saturated heterocycles. The van der Waals surface area contributed by atoms with Crippen LogP contribution in [0.5, 0.6) is 0 Å². The van der Waals surface area contributed by atoms with Crippen LogP contribution in [-0.4, -0.2) is 0 Å². The number of halogens is 3. The molecule has 19 heavy (non-hydrogen) atoms. The fourth-order valence-corrected chi connectivity index (χ4v) is 2.42. The number of benzene rings is 2. The fraction of sp³-hybridized carbons (Fsp3) is 0.200. The normalized spacial score (nSPS) is 12.5. The van der Waals surface area contributed by atoms with E-state index in [2.05, 4.69) is 0 Å². The number of hydrogen-bond acceptors (Lipinski definition) is 1. The molecule has 0 aliphatic heterocycles. The van der Waals surface area contributed by atoms with Gasteiger partial charge >= 0.3 is 0 Å². The Morgan fingerprint density at radius 1 is 1.21 bits per heavy atom. The molecular formula is C15H14Cl2FN. The minimum atomic E-state index is -0.344. The first-order chi connectivity index (χ1) is 8.99. The molecule has 100 valence electrons. The Hall–Kier alpha value is -1.09. The minimum Gasteiger partial charge on any atom is -0.324 e. The van der Waals surface area contributed by atoms with Gasteiger partial charge in [-0.25, -0.2) is 4.39 Å². The maximum Gasteiger partial charge on any atom is 0.127 e. The van der Waals surface area contributed by atoms with Crippen molar-refractivity contribution in [2.45, 2.75) is 19.4 Å². The van der Waals surface area contributed by atoms with Gasteiger partial charge in [0.1, 0.15) is 5.82 Å². The van der Waals surface area contributed by atoms with Gasteiger partial charge in [-0.2, -0.15) is 0 Å². The summed E-state index contributed by atoms with van der Waals surface area (Å²) in [6.45, 7) is 1.92. The highest BCUT2D eigenvalue weighted by molar-refractivity contribution is 6.32. The van der Waals surface area contributed by atoms with Crippen molar-refractivity contribution in [1.82, 2.24) is 0 Å². The van der Waals surface area contributed by atoms with E-state index in [1.165, 1.54) is 6.07 Å². The van der Waals surface area contributed by atoms with Gasteiger partial charge in [0, 0.05) is 16.1 Å². The second kappa shape index (κ2) is 5.91. The maximum absolute atomic E-state index is 13.7. The summed E-state index contributed by atoms with van der Waals surface area (Å²) in [4.78, 5) is 0. The van der Waals surface area contributed by atoms with Crippen molar-refractivity contribution in [2.75, 3.05) is 0 Å². The third-order valence-corrected chi connectivity index (χ3v) is 3.83. The summed E-state index contributed by atoms with van der Waals surface area (Å²) < 4.78 is 13.7. The third kappa shape index (κ3) is 3.27. The average Bonchev–Trinajstić information content (AvgIpc) is 2.36. The summed E-state index contributed by atoms with van der Waals surface area (Å²) in [5, 5.41) is 1.02. The lowest BCUT2D eigenvalue weighted by atomic mass is 9.98. The monoisotopic (exact) mass is 297 g/mol. The number of rotatable bonds is 3. The molecular weight excluding hydrogens is 284 g/mol. The largest absolute Gasteiger partial charge is 0.324 e. The van der Waals surface area contributed by atoms with E-state index < -0.39 is 0 Å². The van der Waals surface area contributed by atoms with Crippen molar-refractivity contribution < 1.29 is 4.39 Å². The Morgan fingerprint density at radius 2 is 1.95 bits per heavy atom. The van der Waals surface area contributed by atoms with Crippen LogP contribution >= 0.6 is 23.2 Å². The first-order valence-corrected chi connectivity index (χ1v) is 6.69. The molecule has 2 N–H and O–H groups in total. The minimum absolute atomic E-state index is 0.341. The fourth-order valence-electron chi connectivity index (χ4n) is 1.99. The highest BCUT2D eigenvalue weighted by Crippen LogP contribution is 2.28. The van der Waals surface area contributed by atoms with Gasteiger partial charge in [0.2, 0.25) is 0 Å². The molecule has 1 atom stereocenters. The zero-order chi connectivity index (χ0) is 14.0. The molecule has 0 heterocycles. The molecule has 0 spiro atoms. The predicted molar refractivity (Wildman–Crippen MR) is 78.2 cm³/mol. The predicted octanol–water partition coefficient (Wildman–Crippen LogP) is 4.68. The van der Waals surface area contributed by atoms with Gasteiger partial charge in [-0.05, 0) is 42.2 Å².